The van der Waals surface area contributed by atoms with E-state index in [1.165, 1.54) is 0 Å². The molecule has 0 aliphatic rings. The van der Waals surface area contributed by atoms with Crippen molar-refractivity contribution in [3.63, 3.8) is 0 Å². The van der Waals surface area contributed by atoms with E-state index >= 15 is 0 Å². The van der Waals surface area contributed by atoms with Crippen molar-refractivity contribution < 1.29 is 9.53 Å². The molecule has 1 aromatic heterocycles. The third-order valence-corrected chi connectivity index (χ3v) is 3.94. The highest BCUT2D eigenvalue weighted by Crippen LogP contribution is 2.18. The number of hydrogen-bond donors (Lipinski definition) is 1. The molecular formula is C17H23N3O2. The smallest absolute Gasteiger partial charge is 0.220 e. The van der Waals surface area contributed by atoms with Crippen LogP contribution < -0.4 is 10.1 Å². The number of aromatic nitrogens is 2. The summed E-state index contributed by atoms with van der Waals surface area (Å²) in [6, 6.07) is 7.78. The summed E-state index contributed by atoms with van der Waals surface area (Å²) in [5.41, 5.74) is 4.19. The van der Waals surface area contributed by atoms with Crippen LogP contribution in [0.25, 0.3) is 0 Å². The largest absolute Gasteiger partial charge is 0.496 e. The molecule has 5 nitrogen and oxygen atoms in total. The van der Waals surface area contributed by atoms with Crippen molar-refractivity contribution >= 4 is 5.91 Å². The summed E-state index contributed by atoms with van der Waals surface area (Å²) >= 11 is 0. The van der Waals surface area contributed by atoms with Crippen LogP contribution in [0.4, 0.5) is 0 Å². The molecule has 0 unspecified atom stereocenters. The number of ether oxygens (including phenoxy) is 1. The van der Waals surface area contributed by atoms with Gasteiger partial charge in [0.05, 0.1) is 12.8 Å². The first kappa shape index (κ1) is 16.1. The molecule has 1 amide bonds. The Morgan fingerprint density at radius 3 is 2.68 bits per heavy atom. The number of para-hydroxylation sites is 1. The number of carbonyl (C=O) groups is 1. The Morgan fingerprint density at radius 2 is 2.05 bits per heavy atom. The maximum atomic E-state index is 12.0. The predicted molar refractivity (Wildman–Crippen MR) is 85.8 cm³/mol. The molecule has 118 valence electrons. The Balaban J connectivity index is 1.88. The molecule has 22 heavy (non-hydrogen) atoms. The van der Waals surface area contributed by atoms with Gasteiger partial charge in [-0.1, -0.05) is 18.2 Å². The van der Waals surface area contributed by atoms with E-state index in [0.29, 0.717) is 19.4 Å². The monoisotopic (exact) mass is 301 g/mol. The minimum Gasteiger partial charge on any atom is -0.496 e. The lowest BCUT2D eigenvalue weighted by Crippen LogP contribution is -2.23. The van der Waals surface area contributed by atoms with Crippen molar-refractivity contribution in [3.8, 4) is 5.75 Å². The highest BCUT2D eigenvalue weighted by Gasteiger charge is 2.11. The van der Waals surface area contributed by atoms with Crippen LogP contribution in [0.5, 0.6) is 5.75 Å². The van der Waals surface area contributed by atoms with Crippen molar-refractivity contribution in [3.05, 3.63) is 46.8 Å². The summed E-state index contributed by atoms with van der Waals surface area (Å²) in [7, 11) is 3.56. The van der Waals surface area contributed by atoms with Crippen LogP contribution in [0.2, 0.25) is 0 Å². The molecule has 0 spiro atoms. The lowest BCUT2D eigenvalue weighted by molar-refractivity contribution is -0.121. The Bertz CT molecular complexity index is 662. The molecule has 1 heterocycles. The molecule has 1 N–H and O–H groups in total. The van der Waals surface area contributed by atoms with Crippen molar-refractivity contribution in [2.75, 3.05) is 7.11 Å². The average Bonchev–Trinajstić information content (AvgIpc) is 2.76. The Morgan fingerprint density at radius 1 is 1.32 bits per heavy atom. The van der Waals surface area contributed by atoms with Gasteiger partial charge in [0.15, 0.2) is 0 Å². The van der Waals surface area contributed by atoms with E-state index in [0.717, 1.165) is 28.3 Å². The van der Waals surface area contributed by atoms with E-state index in [9.17, 15) is 4.79 Å². The first-order valence-corrected chi connectivity index (χ1v) is 7.40. The van der Waals surface area contributed by atoms with Gasteiger partial charge in [0.2, 0.25) is 5.91 Å². The summed E-state index contributed by atoms with van der Waals surface area (Å²) in [6.45, 7) is 4.50. The molecule has 2 aromatic rings. The van der Waals surface area contributed by atoms with Gasteiger partial charge in [-0.25, -0.2) is 0 Å². The van der Waals surface area contributed by atoms with Crippen molar-refractivity contribution in [2.24, 2.45) is 7.05 Å². The molecule has 0 fully saturated rings. The molecule has 0 saturated carbocycles. The van der Waals surface area contributed by atoms with Gasteiger partial charge in [0.1, 0.15) is 5.75 Å². The fraction of sp³-hybridized carbons (Fsp3) is 0.412. The Hall–Kier alpha value is -2.30. The van der Waals surface area contributed by atoms with Gasteiger partial charge in [0.25, 0.3) is 0 Å². The molecule has 5 heteroatoms. The van der Waals surface area contributed by atoms with Crippen molar-refractivity contribution in [1.82, 2.24) is 15.1 Å². The number of amides is 1. The van der Waals surface area contributed by atoms with E-state index in [4.69, 9.17) is 4.74 Å². The van der Waals surface area contributed by atoms with Gasteiger partial charge < -0.3 is 10.1 Å². The van der Waals surface area contributed by atoms with Crippen LogP contribution in [0.3, 0.4) is 0 Å². The second-order valence-corrected chi connectivity index (χ2v) is 5.36. The SMILES string of the molecule is COc1ccccc1CCC(=O)NCc1c(C)nn(C)c1C. The molecule has 0 aliphatic carbocycles. The fourth-order valence-electron chi connectivity index (χ4n) is 2.51. The highest BCUT2D eigenvalue weighted by atomic mass is 16.5. The number of carbonyl (C=O) groups excluding carboxylic acids is 1. The summed E-state index contributed by atoms with van der Waals surface area (Å²) < 4.78 is 7.14. The zero-order valence-electron chi connectivity index (χ0n) is 13.6. The summed E-state index contributed by atoms with van der Waals surface area (Å²) in [5, 5.41) is 7.32. The summed E-state index contributed by atoms with van der Waals surface area (Å²) in [6.07, 6.45) is 1.11. The zero-order valence-corrected chi connectivity index (χ0v) is 13.6. The second-order valence-electron chi connectivity index (χ2n) is 5.36. The Kier molecular flexibility index (Phi) is 5.20. The zero-order chi connectivity index (χ0) is 16.1. The fourth-order valence-corrected chi connectivity index (χ4v) is 2.51. The predicted octanol–water partition coefficient (Wildman–Crippen LogP) is 2.29. The first-order chi connectivity index (χ1) is 10.5. The standard InChI is InChI=1S/C17H23N3O2/c1-12-15(13(2)20(3)19-12)11-18-17(21)10-9-14-7-5-6-8-16(14)22-4/h5-8H,9-11H2,1-4H3,(H,18,21). The number of aryl methyl sites for hydroxylation is 3. The number of benzene rings is 1. The second kappa shape index (κ2) is 7.11. The third-order valence-electron chi connectivity index (χ3n) is 3.94. The molecule has 0 bridgehead atoms. The minimum atomic E-state index is 0.0357. The maximum Gasteiger partial charge on any atom is 0.220 e. The van der Waals surface area contributed by atoms with Gasteiger partial charge in [-0.2, -0.15) is 5.10 Å². The van der Waals surface area contributed by atoms with Crippen LogP contribution >= 0.6 is 0 Å². The number of rotatable bonds is 6. The number of methoxy groups -OCH3 is 1. The van der Waals surface area contributed by atoms with Crippen LogP contribution in [0, 0.1) is 13.8 Å². The van der Waals surface area contributed by atoms with Crippen molar-refractivity contribution in [1.29, 1.82) is 0 Å². The maximum absolute atomic E-state index is 12.0. The van der Waals surface area contributed by atoms with Crippen LogP contribution in [-0.2, 0) is 24.8 Å². The molecule has 0 aliphatic heterocycles. The minimum absolute atomic E-state index is 0.0357. The number of nitrogens with zero attached hydrogens (tertiary/aromatic N) is 2. The highest BCUT2D eigenvalue weighted by molar-refractivity contribution is 5.76. The topological polar surface area (TPSA) is 56.1 Å². The van der Waals surface area contributed by atoms with Gasteiger partial charge >= 0.3 is 0 Å². The lowest BCUT2D eigenvalue weighted by atomic mass is 10.1. The van der Waals surface area contributed by atoms with E-state index in [-0.39, 0.29) is 5.91 Å². The molecule has 0 saturated heterocycles. The number of hydrogen-bond acceptors (Lipinski definition) is 3. The summed E-state index contributed by atoms with van der Waals surface area (Å²) in [4.78, 5) is 12.0. The molecule has 0 atom stereocenters. The lowest BCUT2D eigenvalue weighted by Gasteiger charge is -2.09. The van der Waals surface area contributed by atoms with E-state index in [1.54, 1.807) is 7.11 Å². The third kappa shape index (κ3) is 3.67. The molecule has 1 aromatic carbocycles. The molecule has 2 rings (SSSR count). The van der Waals surface area contributed by atoms with Gasteiger partial charge in [0, 0.05) is 31.3 Å². The quantitative estimate of drug-likeness (QED) is 0.890. The van der Waals surface area contributed by atoms with Gasteiger partial charge in [-0.05, 0) is 31.9 Å². The molecular weight excluding hydrogens is 278 g/mol. The van der Waals surface area contributed by atoms with E-state index in [1.807, 2.05) is 49.8 Å². The van der Waals surface area contributed by atoms with Crippen LogP contribution in [0.1, 0.15) is 28.9 Å². The van der Waals surface area contributed by atoms with E-state index < -0.39 is 0 Å². The number of nitrogens with one attached hydrogen (secondary N) is 1. The first-order valence-electron chi connectivity index (χ1n) is 7.40. The molecule has 0 radical (unpaired) electrons. The summed E-state index contributed by atoms with van der Waals surface area (Å²) in [5.74, 6) is 0.864. The van der Waals surface area contributed by atoms with Crippen molar-refractivity contribution in [2.45, 2.75) is 33.2 Å². The van der Waals surface area contributed by atoms with Gasteiger partial charge in [-0.15, -0.1) is 0 Å². The van der Waals surface area contributed by atoms with Crippen LogP contribution in [0.15, 0.2) is 24.3 Å². The van der Waals surface area contributed by atoms with E-state index in [2.05, 4.69) is 10.4 Å². The average molecular weight is 301 g/mol. The Labute approximate surface area is 131 Å². The van der Waals surface area contributed by atoms with Gasteiger partial charge in [-0.3, -0.25) is 9.48 Å². The normalized spacial score (nSPS) is 10.5. The van der Waals surface area contributed by atoms with Crippen LogP contribution in [-0.4, -0.2) is 22.8 Å².